The Balaban J connectivity index is 2.62. The van der Waals surface area contributed by atoms with E-state index in [2.05, 4.69) is 34.4 Å². The van der Waals surface area contributed by atoms with Crippen LogP contribution in [0.1, 0.15) is 51.5 Å². The number of rotatable bonds is 11. The molecule has 5 nitrogen and oxygen atoms in total. The highest BCUT2D eigenvalue weighted by molar-refractivity contribution is 5.57. The first-order chi connectivity index (χ1) is 9.83. The highest BCUT2D eigenvalue weighted by Gasteiger charge is 2.09. The van der Waals surface area contributed by atoms with Crippen LogP contribution in [0.5, 0.6) is 0 Å². The van der Waals surface area contributed by atoms with Crippen LogP contribution in [0.25, 0.3) is 0 Å². The maximum Gasteiger partial charge on any atom is 0.134 e. The van der Waals surface area contributed by atoms with Crippen LogP contribution in [0.3, 0.4) is 0 Å². The van der Waals surface area contributed by atoms with Gasteiger partial charge in [0.25, 0.3) is 0 Å². The average Bonchev–Trinajstić information content (AvgIpc) is 2.47. The van der Waals surface area contributed by atoms with E-state index in [1.54, 1.807) is 6.33 Å². The molecule has 114 valence electrons. The molecule has 0 saturated heterocycles. The lowest BCUT2D eigenvalue weighted by Gasteiger charge is -2.14. The van der Waals surface area contributed by atoms with Crippen molar-refractivity contribution < 1.29 is 5.11 Å². The van der Waals surface area contributed by atoms with Gasteiger partial charge in [0.1, 0.15) is 18.0 Å². The summed E-state index contributed by atoms with van der Waals surface area (Å²) in [6, 6.07) is 0. The monoisotopic (exact) mass is 280 g/mol. The number of aliphatic hydroxyl groups excluding tert-OH is 1. The lowest BCUT2D eigenvalue weighted by atomic mass is 10.1. The topological polar surface area (TPSA) is 70.1 Å². The Labute approximate surface area is 122 Å². The summed E-state index contributed by atoms with van der Waals surface area (Å²) >= 11 is 0. The molecule has 1 aromatic heterocycles. The quantitative estimate of drug-likeness (QED) is 0.544. The van der Waals surface area contributed by atoms with Gasteiger partial charge in [-0.2, -0.15) is 0 Å². The fourth-order valence-electron chi connectivity index (χ4n) is 2.07. The van der Waals surface area contributed by atoms with E-state index in [-0.39, 0.29) is 6.61 Å². The summed E-state index contributed by atoms with van der Waals surface area (Å²) in [6.07, 6.45) is 7.72. The van der Waals surface area contributed by atoms with E-state index in [1.165, 1.54) is 5.56 Å². The van der Waals surface area contributed by atoms with Crippen LogP contribution < -0.4 is 10.6 Å². The van der Waals surface area contributed by atoms with Crippen LogP contribution in [0.2, 0.25) is 0 Å². The third-order valence-corrected chi connectivity index (χ3v) is 3.12. The molecule has 0 bridgehead atoms. The second-order valence-electron chi connectivity index (χ2n) is 4.94. The Bertz CT molecular complexity index is 371. The minimum atomic E-state index is 0.277. The summed E-state index contributed by atoms with van der Waals surface area (Å²) in [5.74, 6) is 1.91. The molecule has 1 aromatic rings. The van der Waals surface area contributed by atoms with Crippen molar-refractivity contribution in [2.75, 3.05) is 30.3 Å². The standard InChI is InChI=1S/C15H28N4O/c1-3-8-13-14(16-9-4-2)18-12-19-15(13)17-10-6-5-7-11-20/h12,20H,3-11H2,1-2H3,(H2,16,17,18,19). The maximum atomic E-state index is 8.77. The Morgan fingerprint density at radius 3 is 2.25 bits per heavy atom. The zero-order valence-electron chi connectivity index (χ0n) is 12.8. The number of hydrogen-bond donors (Lipinski definition) is 3. The largest absolute Gasteiger partial charge is 0.396 e. The van der Waals surface area contributed by atoms with Crippen molar-refractivity contribution in [2.24, 2.45) is 0 Å². The molecule has 0 radical (unpaired) electrons. The number of hydrogen-bond acceptors (Lipinski definition) is 5. The van der Waals surface area contributed by atoms with E-state index in [0.717, 1.165) is 63.3 Å². The molecule has 0 aliphatic rings. The number of unbranched alkanes of at least 4 members (excludes halogenated alkanes) is 2. The van der Waals surface area contributed by atoms with E-state index in [4.69, 9.17) is 5.11 Å². The molecular weight excluding hydrogens is 252 g/mol. The van der Waals surface area contributed by atoms with Crippen LogP contribution in [-0.2, 0) is 6.42 Å². The van der Waals surface area contributed by atoms with Crippen molar-refractivity contribution >= 4 is 11.6 Å². The predicted octanol–water partition coefficient (Wildman–Crippen LogP) is 2.83. The third kappa shape index (κ3) is 5.74. The van der Waals surface area contributed by atoms with Crippen LogP contribution in [0.4, 0.5) is 11.6 Å². The molecule has 0 fully saturated rings. The third-order valence-electron chi connectivity index (χ3n) is 3.12. The molecule has 0 unspecified atom stereocenters. The summed E-state index contributed by atoms with van der Waals surface area (Å²) in [5, 5.41) is 15.5. The van der Waals surface area contributed by atoms with Crippen LogP contribution >= 0.6 is 0 Å². The molecule has 5 heteroatoms. The molecule has 0 atom stereocenters. The van der Waals surface area contributed by atoms with Gasteiger partial charge in [-0.05, 0) is 32.1 Å². The maximum absolute atomic E-state index is 8.77. The van der Waals surface area contributed by atoms with Gasteiger partial charge in [0, 0.05) is 25.3 Å². The summed E-state index contributed by atoms with van der Waals surface area (Å²) < 4.78 is 0. The van der Waals surface area contributed by atoms with Gasteiger partial charge in [-0.15, -0.1) is 0 Å². The first-order valence-corrected chi connectivity index (χ1v) is 7.75. The van der Waals surface area contributed by atoms with Crippen LogP contribution in [-0.4, -0.2) is 34.8 Å². The lowest BCUT2D eigenvalue weighted by Crippen LogP contribution is -2.11. The summed E-state index contributed by atoms with van der Waals surface area (Å²) in [4.78, 5) is 8.73. The second kappa shape index (κ2) is 10.4. The van der Waals surface area contributed by atoms with Gasteiger partial charge in [-0.3, -0.25) is 0 Å². The summed E-state index contributed by atoms with van der Waals surface area (Å²) in [6.45, 7) is 6.42. The lowest BCUT2D eigenvalue weighted by molar-refractivity contribution is 0.283. The van der Waals surface area contributed by atoms with Gasteiger partial charge < -0.3 is 15.7 Å². The first-order valence-electron chi connectivity index (χ1n) is 7.75. The van der Waals surface area contributed by atoms with Crippen molar-refractivity contribution in [1.29, 1.82) is 0 Å². The fourth-order valence-corrected chi connectivity index (χ4v) is 2.07. The zero-order chi connectivity index (χ0) is 14.6. The van der Waals surface area contributed by atoms with Gasteiger partial charge >= 0.3 is 0 Å². The Morgan fingerprint density at radius 2 is 1.65 bits per heavy atom. The van der Waals surface area contributed by atoms with Gasteiger partial charge in [-0.25, -0.2) is 9.97 Å². The molecule has 0 aromatic carbocycles. The van der Waals surface area contributed by atoms with Crippen molar-refractivity contribution in [3.05, 3.63) is 11.9 Å². The van der Waals surface area contributed by atoms with Gasteiger partial charge in [0.05, 0.1) is 0 Å². The fraction of sp³-hybridized carbons (Fsp3) is 0.733. The van der Waals surface area contributed by atoms with Gasteiger partial charge in [0.15, 0.2) is 0 Å². The molecule has 0 aliphatic carbocycles. The molecule has 0 spiro atoms. The molecule has 1 heterocycles. The number of aromatic nitrogens is 2. The number of nitrogens with one attached hydrogen (secondary N) is 2. The Hall–Kier alpha value is -1.36. The Morgan fingerprint density at radius 1 is 0.950 bits per heavy atom. The van der Waals surface area contributed by atoms with Crippen molar-refractivity contribution in [1.82, 2.24) is 9.97 Å². The van der Waals surface area contributed by atoms with Crippen LogP contribution in [0, 0.1) is 0 Å². The zero-order valence-corrected chi connectivity index (χ0v) is 12.8. The average molecular weight is 280 g/mol. The number of aliphatic hydroxyl groups is 1. The van der Waals surface area contributed by atoms with E-state index < -0.39 is 0 Å². The summed E-state index contributed by atoms with van der Waals surface area (Å²) in [7, 11) is 0. The van der Waals surface area contributed by atoms with Crippen molar-refractivity contribution in [3.8, 4) is 0 Å². The summed E-state index contributed by atoms with van der Waals surface area (Å²) in [5.41, 5.74) is 1.19. The molecule has 1 rings (SSSR count). The Kier molecular flexibility index (Phi) is 8.71. The minimum absolute atomic E-state index is 0.277. The van der Waals surface area contributed by atoms with E-state index in [9.17, 15) is 0 Å². The SMILES string of the molecule is CCCNc1ncnc(NCCCCCO)c1CCC. The van der Waals surface area contributed by atoms with E-state index in [0.29, 0.717) is 0 Å². The number of nitrogens with zero attached hydrogens (tertiary/aromatic N) is 2. The van der Waals surface area contributed by atoms with Crippen molar-refractivity contribution in [3.63, 3.8) is 0 Å². The van der Waals surface area contributed by atoms with Crippen LogP contribution in [0.15, 0.2) is 6.33 Å². The minimum Gasteiger partial charge on any atom is -0.396 e. The van der Waals surface area contributed by atoms with Gasteiger partial charge in [0.2, 0.25) is 0 Å². The smallest absolute Gasteiger partial charge is 0.134 e. The molecule has 0 aliphatic heterocycles. The second-order valence-corrected chi connectivity index (χ2v) is 4.94. The highest BCUT2D eigenvalue weighted by Crippen LogP contribution is 2.21. The molecule has 20 heavy (non-hydrogen) atoms. The van der Waals surface area contributed by atoms with Crippen molar-refractivity contribution in [2.45, 2.75) is 52.4 Å². The normalized spacial score (nSPS) is 10.6. The highest BCUT2D eigenvalue weighted by atomic mass is 16.2. The molecular formula is C15H28N4O. The first kappa shape index (κ1) is 16.7. The predicted molar refractivity (Wildman–Crippen MR) is 84.2 cm³/mol. The van der Waals surface area contributed by atoms with E-state index >= 15 is 0 Å². The number of anilines is 2. The molecule has 3 N–H and O–H groups in total. The molecule has 0 saturated carbocycles. The van der Waals surface area contributed by atoms with Gasteiger partial charge in [-0.1, -0.05) is 20.3 Å². The van der Waals surface area contributed by atoms with E-state index in [1.807, 2.05) is 0 Å². The molecule has 0 amide bonds.